The van der Waals surface area contributed by atoms with Crippen LogP contribution in [0, 0.1) is 12.8 Å². The van der Waals surface area contributed by atoms with E-state index in [0.29, 0.717) is 5.92 Å². The maximum atomic E-state index is 12.8. The van der Waals surface area contributed by atoms with Crippen molar-refractivity contribution >= 4 is 5.91 Å². The Kier molecular flexibility index (Phi) is 6.12. The van der Waals surface area contributed by atoms with Crippen molar-refractivity contribution in [1.82, 2.24) is 19.4 Å². The Morgan fingerprint density at radius 1 is 1.13 bits per heavy atom. The molecule has 30 heavy (non-hydrogen) atoms. The number of carbonyl (C=O) groups is 1. The number of pyridine rings is 1. The minimum atomic E-state index is 0.112. The number of rotatable bonds is 6. The van der Waals surface area contributed by atoms with Gasteiger partial charge in [-0.2, -0.15) is 0 Å². The zero-order valence-electron chi connectivity index (χ0n) is 17.6. The van der Waals surface area contributed by atoms with Crippen molar-refractivity contribution in [3.05, 3.63) is 66.2 Å². The number of hydrogen-bond acceptors (Lipinski definition) is 4. The van der Waals surface area contributed by atoms with E-state index in [1.54, 1.807) is 13.3 Å². The van der Waals surface area contributed by atoms with Crippen molar-refractivity contribution in [2.75, 3.05) is 20.2 Å². The molecule has 0 unspecified atom stereocenters. The smallest absolute Gasteiger partial charge is 0.253 e. The van der Waals surface area contributed by atoms with Gasteiger partial charge >= 0.3 is 0 Å². The molecule has 1 aromatic carbocycles. The summed E-state index contributed by atoms with van der Waals surface area (Å²) in [6.07, 6.45) is 8.75. The molecule has 0 atom stereocenters. The Hall–Kier alpha value is -3.15. The van der Waals surface area contributed by atoms with Crippen molar-refractivity contribution in [1.29, 1.82) is 0 Å². The lowest BCUT2D eigenvalue weighted by Crippen LogP contribution is -2.38. The number of piperidine rings is 1. The lowest BCUT2D eigenvalue weighted by molar-refractivity contribution is 0.0685. The van der Waals surface area contributed by atoms with Crippen molar-refractivity contribution in [2.45, 2.75) is 32.7 Å². The predicted octanol–water partition coefficient (Wildman–Crippen LogP) is 4.20. The molecule has 0 radical (unpaired) electrons. The van der Waals surface area contributed by atoms with E-state index in [9.17, 15) is 4.79 Å². The van der Waals surface area contributed by atoms with E-state index in [4.69, 9.17) is 4.74 Å². The van der Waals surface area contributed by atoms with E-state index in [1.807, 2.05) is 47.6 Å². The van der Waals surface area contributed by atoms with Gasteiger partial charge in [0.15, 0.2) is 0 Å². The van der Waals surface area contributed by atoms with Crippen LogP contribution in [0.1, 0.15) is 35.3 Å². The Morgan fingerprint density at radius 3 is 2.57 bits per heavy atom. The zero-order valence-corrected chi connectivity index (χ0v) is 17.6. The first-order chi connectivity index (χ1) is 14.7. The van der Waals surface area contributed by atoms with E-state index in [0.717, 1.165) is 61.6 Å². The summed E-state index contributed by atoms with van der Waals surface area (Å²) in [5.74, 6) is 2.48. The molecule has 1 amide bonds. The van der Waals surface area contributed by atoms with Crippen LogP contribution in [-0.4, -0.2) is 45.5 Å². The fourth-order valence-electron chi connectivity index (χ4n) is 4.12. The second-order valence-corrected chi connectivity index (χ2v) is 7.87. The number of hydrogen-bond donors (Lipinski definition) is 0. The Morgan fingerprint density at radius 2 is 1.90 bits per heavy atom. The molecule has 1 fully saturated rings. The number of benzene rings is 1. The lowest BCUT2D eigenvalue weighted by Gasteiger charge is -2.32. The van der Waals surface area contributed by atoms with Crippen LogP contribution in [0.3, 0.4) is 0 Å². The van der Waals surface area contributed by atoms with Crippen molar-refractivity contribution in [3.8, 4) is 17.1 Å². The summed E-state index contributed by atoms with van der Waals surface area (Å²) in [6, 6.07) is 11.4. The normalized spacial score (nSPS) is 14.7. The quantitative estimate of drug-likeness (QED) is 0.618. The first-order valence-corrected chi connectivity index (χ1v) is 10.5. The molecule has 0 N–H and O–H groups in total. The average Bonchev–Trinajstić information content (AvgIpc) is 3.18. The summed E-state index contributed by atoms with van der Waals surface area (Å²) in [5, 5.41) is 0. The third-order valence-corrected chi connectivity index (χ3v) is 5.97. The first-order valence-electron chi connectivity index (χ1n) is 10.5. The summed E-state index contributed by atoms with van der Waals surface area (Å²) < 4.78 is 7.46. The fourth-order valence-corrected chi connectivity index (χ4v) is 4.12. The van der Waals surface area contributed by atoms with Gasteiger partial charge in [0.05, 0.1) is 7.11 Å². The molecule has 0 bridgehead atoms. The summed E-state index contributed by atoms with van der Waals surface area (Å²) in [6.45, 7) is 4.66. The molecule has 6 heteroatoms. The number of likely N-dealkylation sites (tertiary alicyclic amines) is 1. The maximum Gasteiger partial charge on any atom is 0.253 e. The van der Waals surface area contributed by atoms with E-state index in [-0.39, 0.29) is 5.91 Å². The Labute approximate surface area is 177 Å². The minimum Gasteiger partial charge on any atom is -0.497 e. The van der Waals surface area contributed by atoms with Gasteiger partial charge in [0.1, 0.15) is 11.6 Å². The van der Waals surface area contributed by atoms with Crippen molar-refractivity contribution < 1.29 is 9.53 Å². The van der Waals surface area contributed by atoms with Gasteiger partial charge in [-0.25, -0.2) is 4.98 Å². The van der Waals surface area contributed by atoms with Gasteiger partial charge in [0, 0.05) is 55.0 Å². The second kappa shape index (κ2) is 9.11. The molecule has 6 nitrogen and oxygen atoms in total. The predicted molar refractivity (Wildman–Crippen MR) is 116 cm³/mol. The number of ether oxygens (including phenoxy) is 1. The highest BCUT2D eigenvalue weighted by Gasteiger charge is 2.24. The maximum absolute atomic E-state index is 12.8. The standard InChI is InChI=1S/C24H28N4O2/c1-18-16-26-23(21-4-3-12-25-17-21)28(18)15-11-19-9-13-27(14-10-19)24(29)20-5-7-22(30-2)8-6-20/h3-8,12,16-17,19H,9-11,13-15H2,1-2H3. The molecule has 0 aliphatic carbocycles. The van der Waals surface area contributed by atoms with Crippen LogP contribution in [0.25, 0.3) is 11.4 Å². The first kappa shape index (κ1) is 20.1. The van der Waals surface area contributed by atoms with Gasteiger partial charge in [-0.1, -0.05) is 0 Å². The van der Waals surface area contributed by atoms with Crippen LogP contribution in [-0.2, 0) is 6.54 Å². The van der Waals surface area contributed by atoms with Crippen LogP contribution in [0.15, 0.2) is 55.0 Å². The van der Waals surface area contributed by atoms with Gasteiger partial charge < -0.3 is 14.2 Å². The number of amides is 1. The highest BCUT2D eigenvalue weighted by molar-refractivity contribution is 5.94. The molecule has 1 saturated heterocycles. The molecular weight excluding hydrogens is 376 g/mol. The highest BCUT2D eigenvalue weighted by atomic mass is 16.5. The SMILES string of the molecule is COc1ccc(C(=O)N2CCC(CCn3c(C)cnc3-c3cccnc3)CC2)cc1. The third kappa shape index (κ3) is 4.37. The van der Waals surface area contributed by atoms with Crippen LogP contribution < -0.4 is 4.74 Å². The third-order valence-electron chi connectivity index (χ3n) is 5.97. The van der Waals surface area contributed by atoms with Crippen molar-refractivity contribution in [2.24, 2.45) is 5.92 Å². The number of carbonyl (C=O) groups excluding carboxylic acids is 1. The molecule has 2 aromatic heterocycles. The largest absolute Gasteiger partial charge is 0.497 e. The Balaban J connectivity index is 1.32. The average molecular weight is 405 g/mol. The Bertz CT molecular complexity index is 974. The molecule has 0 spiro atoms. The zero-order chi connectivity index (χ0) is 20.9. The van der Waals surface area contributed by atoms with Gasteiger partial charge in [-0.15, -0.1) is 0 Å². The van der Waals surface area contributed by atoms with Gasteiger partial charge in [0.2, 0.25) is 0 Å². The van der Waals surface area contributed by atoms with E-state index in [1.165, 1.54) is 5.69 Å². The van der Waals surface area contributed by atoms with Crippen LogP contribution in [0.2, 0.25) is 0 Å². The molecule has 1 aliphatic rings. The van der Waals surface area contributed by atoms with Crippen LogP contribution in [0.4, 0.5) is 0 Å². The summed E-state index contributed by atoms with van der Waals surface area (Å²) in [5.41, 5.74) is 2.94. The number of nitrogens with zero attached hydrogens (tertiary/aromatic N) is 4. The molecular formula is C24H28N4O2. The number of imidazole rings is 1. The minimum absolute atomic E-state index is 0.112. The summed E-state index contributed by atoms with van der Waals surface area (Å²) in [7, 11) is 1.63. The topological polar surface area (TPSA) is 60.2 Å². The van der Waals surface area contributed by atoms with E-state index >= 15 is 0 Å². The molecule has 4 rings (SSSR count). The van der Waals surface area contributed by atoms with Gasteiger partial charge in [-0.3, -0.25) is 9.78 Å². The van der Waals surface area contributed by atoms with E-state index in [2.05, 4.69) is 27.5 Å². The molecule has 156 valence electrons. The monoisotopic (exact) mass is 404 g/mol. The second-order valence-electron chi connectivity index (χ2n) is 7.87. The highest BCUT2D eigenvalue weighted by Crippen LogP contribution is 2.25. The molecule has 3 heterocycles. The molecule has 3 aromatic rings. The van der Waals surface area contributed by atoms with Gasteiger partial charge in [-0.05, 0) is 68.5 Å². The van der Waals surface area contributed by atoms with E-state index < -0.39 is 0 Å². The number of aryl methyl sites for hydroxylation is 1. The van der Waals surface area contributed by atoms with Crippen LogP contribution >= 0.6 is 0 Å². The lowest BCUT2D eigenvalue weighted by atomic mass is 9.93. The number of aromatic nitrogens is 3. The van der Waals surface area contributed by atoms with Crippen LogP contribution in [0.5, 0.6) is 5.75 Å². The number of methoxy groups -OCH3 is 1. The summed E-state index contributed by atoms with van der Waals surface area (Å²) >= 11 is 0. The fraction of sp³-hybridized carbons (Fsp3) is 0.375. The summed E-state index contributed by atoms with van der Waals surface area (Å²) in [4.78, 5) is 23.6. The van der Waals surface area contributed by atoms with Crippen molar-refractivity contribution in [3.63, 3.8) is 0 Å². The molecule has 1 aliphatic heterocycles. The van der Waals surface area contributed by atoms with Gasteiger partial charge in [0.25, 0.3) is 5.91 Å². The molecule has 0 saturated carbocycles.